The number of benzene rings is 1. The fourth-order valence-corrected chi connectivity index (χ4v) is 2.77. The highest BCUT2D eigenvalue weighted by atomic mass is 19.1. The molecule has 0 aliphatic heterocycles. The molecule has 3 rings (SSSR count). The molecule has 0 radical (unpaired) electrons. The number of hydrogen-bond acceptors (Lipinski definition) is 4. The Kier molecular flexibility index (Phi) is 4.18. The molecule has 0 bridgehead atoms. The third kappa shape index (κ3) is 2.93. The fraction of sp³-hybridized carbons (Fsp3) is 0.176. The lowest BCUT2D eigenvalue weighted by atomic mass is 10.1. The van der Waals surface area contributed by atoms with Gasteiger partial charge in [-0.05, 0) is 30.0 Å². The lowest BCUT2D eigenvalue weighted by Gasteiger charge is -2.09. The molecule has 25 heavy (non-hydrogen) atoms. The van der Waals surface area contributed by atoms with Crippen LogP contribution in [-0.2, 0) is 13.5 Å². The standard InChI is InChI=1S/C17H16FN5O2/c1-3-13-14(15(16(19)24)23(2)22-13)21-17(25)11-7-10(18)6-9-4-5-20-8-12(9)11/h4-8H,3H2,1-2H3,(H2,19,24)(H,21,25). The van der Waals surface area contributed by atoms with E-state index in [1.165, 1.54) is 23.1 Å². The Labute approximate surface area is 142 Å². The first-order valence-corrected chi connectivity index (χ1v) is 7.62. The molecule has 3 aromatic rings. The van der Waals surface area contributed by atoms with E-state index in [2.05, 4.69) is 15.4 Å². The van der Waals surface area contributed by atoms with Crippen LogP contribution in [0.3, 0.4) is 0 Å². The Morgan fingerprint density at radius 2 is 2.12 bits per heavy atom. The second kappa shape index (κ2) is 6.31. The number of carbonyl (C=O) groups excluding carboxylic acids is 2. The van der Waals surface area contributed by atoms with Gasteiger partial charge in [-0.3, -0.25) is 19.3 Å². The summed E-state index contributed by atoms with van der Waals surface area (Å²) in [6, 6.07) is 4.07. The van der Waals surface area contributed by atoms with Gasteiger partial charge < -0.3 is 11.1 Å². The maximum absolute atomic E-state index is 13.9. The summed E-state index contributed by atoms with van der Waals surface area (Å²) >= 11 is 0. The molecule has 0 fully saturated rings. The largest absolute Gasteiger partial charge is 0.364 e. The molecule has 0 unspecified atom stereocenters. The number of halogens is 1. The van der Waals surface area contributed by atoms with E-state index in [-0.39, 0.29) is 16.9 Å². The van der Waals surface area contributed by atoms with Crippen molar-refractivity contribution in [1.29, 1.82) is 0 Å². The highest BCUT2D eigenvalue weighted by molar-refractivity contribution is 6.14. The Morgan fingerprint density at radius 3 is 2.80 bits per heavy atom. The van der Waals surface area contributed by atoms with E-state index in [1.54, 1.807) is 13.1 Å². The summed E-state index contributed by atoms with van der Waals surface area (Å²) in [5.74, 6) is -1.82. The summed E-state index contributed by atoms with van der Waals surface area (Å²) in [4.78, 5) is 28.4. The number of nitrogens with one attached hydrogen (secondary N) is 1. The van der Waals surface area contributed by atoms with E-state index in [1.807, 2.05) is 6.92 Å². The molecular formula is C17H16FN5O2. The third-order valence-corrected chi connectivity index (χ3v) is 3.89. The lowest BCUT2D eigenvalue weighted by molar-refractivity contribution is 0.0992. The van der Waals surface area contributed by atoms with Gasteiger partial charge in [0.05, 0.1) is 16.9 Å². The van der Waals surface area contributed by atoms with Crippen molar-refractivity contribution in [1.82, 2.24) is 14.8 Å². The molecular weight excluding hydrogens is 325 g/mol. The SMILES string of the molecule is CCc1nn(C)c(C(N)=O)c1NC(=O)c1cc(F)cc2ccncc12. The zero-order valence-corrected chi connectivity index (χ0v) is 13.7. The van der Waals surface area contributed by atoms with E-state index in [0.717, 1.165) is 6.07 Å². The number of pyridine rings is 1. The van der Waals surface area contributed by atoms with E-state index in [9.17, 15) is 14.0 Å². The second-order valence-electron chi connectivity index (χ2n) is 5.52. The van der Waals surface area contributed by atoms with Crippen molar-refractivity contribution >= 4 is 28.3 Å². The van der Waals surface area contributed by atoms with Gasteiger partial charge in [-0.2, -0.15) is 5.10 Å². The van der Waals surface area contributed by atoms with Crippen molar-refractivity contribution in [2.24, 2.45) is 12.8 Å². The van der Waals surface area contributed by atoms with Gasteiger partial charge in [0.1, 0.15) is 11.5 Å². The number of carbonyl (C=O) groups is 2. The van der Waals surface area contributed by atoms with Crippen molar-refractivity contribution in [3.05, 3.63) is 53.4 Å². The van der Waals surface area contributed by atoms with Gasteiger partial charge in [0.15, 0.2) is 0 Å². The molecule has 0 aliphatic rings. The number of aromatic nitrogens is 3. The first-order chi connectivity index (χ1) is 11.9. The Balaban J connectivity index is 2.09. The smallest absolute Gasteiger partial charge is 0.269 e. The molecule has 0 aliphatic carbocycles. The number of aryl methyl sites for hydroxylation is 2. The zero-order valence-electron chi connectivity index (χ0n) is 13.7. The van der Waals surface area contributed by atoms with Gasteiger partial charge in [0.25, 0.3) is 11.8 Å². The van der Waals surface area contributed by atoms with E-state index >= 15 is 0 Å². The van der Waals surface area contributed by atoms with Gasteiger partial charge in [-0.1, -0.05) is 6.92 Å². The van der Waals surface area contributed by atoms with Crippen LogP contribution in [-0.4, -0.2) is 26.6 Å². The predicted molar refractivity (Wildman–Crippen MR) is 90.8 cm³/mol. The predicted octanol–water partition coefficient (Wildman–Crippen LogP) is 2.02. The minimum atomic E-state index is -0.712. The maximum atomic E-state index is 13.9. The zero-order chi connectivity index (χ0) is 18.1. The number of nitrogens with two attached hydrogens (primary N) is 1. The van der Waals surface area contributed by atoms with E-state index in [0.29, 0.717) is 22.9 Å². The monoisotopic (exact) mass is 341 g/mol. The topological polar surface area (TPSA) is 103 Å². The Bertz CT molecular complexity index is 996. The first-order valence-electron chi connectivity index (χ1n) is 7.62. The molecule has 2 aromatic heterocycles. The van der Waals surface area contributed by atoms with Crippen LogP contribution in [0, 0.1) is 5.82 Å². The van der Waals surface area contributed by atoms with Gasteiger partial charge >= 0.3 is 0 Å². The molecule has 8 heteroatoms. The number of primary amides is 1. The van der Waals surface area contributed by atoms with E-state index < -0.39 is 17.6 Å². The summed E-state index contributed by atoms with van der Waals surface area (Å²) in [5, 5.41) is 7.90. The lowest BCUT2D eigenvalue weighted by Crippen LogP contribution is -2.20. The molecule has 0 saturated carbocycles. The number of anilines is 1. The van der Waals surface area contributed by atoms with Crippen LogP contribution in [0.15, 0.2) is 30.6 Å². The molecule has 2 amide bonds. The highest BCUT2D eigenvalue weighted by Gasteiger charge is 2.22. The summed E-state index contributed by atoms with van der Waals surface area (Å²) in [5.41, 5.74) is 6.35. The number of amides is 2. The number of hydrogen-bond donors (Lipinski definition) is 2. The van der Waals surface area contributed by atoms with Crippen molar-refractivity contribution in [2.75, 3.05) is 5.32 Å². The number of rotatable bonds is 4. The van der Waals surface area contributed by atoms with Crippen molar-refractivity contribution < 1.29 is 14.0 Å². The van der Waals surface area contributed by atoms with Gasteiger partial charge in [0, 0.05) is 24.8 Å². The third-order valence-electron chi connectivity index (χ3n) is 3.89. The minimum absolute atomic E-state index is 0.0871. The summed E-state index contributed by atoms with van der Waals surface area (Å²) in [6.07, 6.45) is 3.50. The Morgan fingerprint density at radius 1 is 1.36 bits per heavy atom. The normalized spacial score (nSPS) is 10.8. The number of fused-ring (bicyclic) bond motifs is 1. The van der Waals surface area contributed by atoms with Crippen LogP contribution in [0.4, 0.5) is 10.1 Å². The average Bonchev–Trinajstić information content (AvgIpc) is 2.89. The molecule has 3 N–H and O–H groups in total. The van der Waals surface area contributed by atoms with Gasteiger partial charge in [-0.25, -0.2) is 4.39 Å². The summed E-state index contributed by atoms with van der Waals surface area (Å²) in [6.45, 7) is 1.84. The van der Waals surface area contributed by atoms with Crippen molar-refractivity contribution in [2.45, 2.75) is 13.3 Å². The molecule has 0 spiro atoms. The molecule has 0 saturated heterocycles. The van der Waals surface area contributed by atoms with Crippen LogP contribution >= 0.6 is 0 Å². The van der Waals surface area contributed by atoms with Crippen LogP contribution in [0.25, 0.3) is 10.8 Å². The second-order valence-corrected chi connectivity index (χ2v) is 5.52. The summed E-state index contributed by atoms with van der Waals surface area (Å²) < 4.78 is 15.2. The van der Waals surface area contributed by atoms with Crippen LogP contribution in [0.2, 0.25) is 0 Å². The highest BCUT2D eigenvalue weighted by Crippen LogP contribution is 2.24. The maximum Gasteiger partial charge on any atom is 0.269 e. The Hall–Kier alpha value is -3.29. The van der Waals surface area contributed by atoms with Crippen molar-refractivity contribution in [3.8, 4) is 0 Å². The van der Waals surface area contributed by atoms with Crippen LogP contribution < -0.4 is 11.1 Å². The fourth-order valence-electron chi connectivity index (χ4n) is 2.77. The molecule has 0 atom stereocenters. The molecule has 1 aromatic carbocycles. The number of nitrogens with zero attached hydrogens (tertiary/aromatic N) is 3. The molecule has 7 nitrogen and oxygen atoms in total. The molecule has 128 valence electrons. The van der Waals surface area contributed by atoms with Gasteiger partial charge in [-0.15, -0.1) is 0 Å². The minimum Gasteiger partial charge on any atom is -0.364 e. The quantitative estimate of drug-likeness (QED) is 0.758. The van der Waals surface area contributed by atoms with E-state index in [4.69, 9.17) is 5.73 Å². The van der Waals surface area contributed by atoms with Crippen LogP contribution in [0.1, 0.15) is 33.5 Å². The molecule has 2 heterocycles. The summed E-state index contributed by atoms with van der Waals surface area (Å²) in [7, 11) is 1.57. The average molecular weight is 341 g/mol. The van der Waals surface area contributed by atoms with Crippen LogP contribution in [0.5, 0.6) is 0 Å². The van der Waals surface area contributed by atoms with Crippen molar-refractivity contribution in [3.63, 3.8) is 0 Å². The van der Waals surface area contributed by atoms with Gasteiger partial charge in [0.2, 0.25) is 0 Å². The first kappa shape index (κ1) is 16.6.